The zero-order chi connectivity index (χ0) is 16.5. The zero-order valence-electron chi connectivity index (χ0n) is 13.6. The van der Waals surface area contributed by atoms with Crippen LogP contribution in [-0.4, -0.2) is 31.9 Å². The fourth-order valence-corrected chi connectivity index (χ4v) is 3.56. The highest BCUT2D eigenvalue weighted by Crippen LogP contribution is 2.39. The second-order valence-electron chi connectivity index (χ2n) is 6.26. The van der Waals surface area contributed by atoms with Crippen LogP contribution in [0.1, 0.15) is 23.5 Å². The van der Waals surface area contributed by atoms with Gasteiger partial charge in [-0.05, 0) is 30.7 Å². The van der Waals surface area contributed by atoms with Gasteiger partial charge in [0, 0.05) is 30.6 Å². The quantitative estimate of drug-likeness (QED) is 0.858. The monoisotopic (exact) mass is 329 g/mol. The summed E-state index contributed by atoms with van der Waals surface area (Å²) in [5.41, 5.74) is 1.88. The molecule has 1 fully saturated rings. The van der Waals surface area contributed by atoms with E-state index in [1.165, 1.54) is 0 Å². The molecule has 126 valence electrons. The summed E-state index contributed by atoms with van der Waals surface area (Å²) in [5, 5.41) is 0. The van der Waals surface area contributed by atoms with Crippen molar-refractivity contribution in [1.29, 1.82) is 0 Å². The van der Waals surface area contributed by atoms with Crippen LogP contribution in [0.3, 0.4) is 0 Å². The van der Waals surface area contributed by atoms with E-state index in [-0.39, 0.29) is 18.5 Å². The van der Waals surface area contributed by atoms with Gasteiger partial charge in [0.05, 0.1) is 7.11 Å². The summed E-state index contributed by atoms with van der Waals surface area (Å²) in [6.45, 7) is 2.79. The largest absolute Gasteiger partial charge is 0.496 e. The fraction of sp³-hybridized carbons (Fsp3) is 0.368. The summed E-state index contributed by atoms with van der Waals surface area (Å²) in [4.78, 5) is 2.33. The number of likely N-dealkylation sites (tertiary alicyclic amines) is 1. The lowest BCUT2D eigenvalue weighted by molar-refractivity contribution is 0.174. The van der Waals surface area contributed by atoms with Crippen molar-refractivity contribution in [3.8, 4) is 17.2 Å². The Morgan fingerprint density at radius 1 is 1.21 bits per heavy atom. The van der Waals surface area contributed by atoms with Gasteiger partial charge in [0.15, 0.2) is 11.5 Å². The second-order valence-corrected chi connectivity index (χ2v) is 6.26. The molecule has 1 saturated heterocycles. The van der Waals surface area contributed by atoms with Gasteiger partial charge in [-0.1, -0.05) is 18.2 Å². The molecule has 0 unspecified atom stereocenters. The molecule has 0 saturated carbocycles. The molecule has 2 aliphatic heterocycles. The minimum absolute atomic E-state index is 0.106. The summed E-state index contributed by atoms with van der Waals surface area (Å²) in [6, 6.07) is 10.9. The van der Waals surface area contributed by atoms with Crippen molar-refractivity contribution in [3.63, 3.8) is 0 Å². The first-order valence-electron chi connectivity index (χ1n) is 8.18. The van der Waals surface area contributed by atoms with Gasteiger partial charge >= 0.3 is 0 Å². The third kappa shape index (κ3) is 2.80. The second kappa shape index (κ2) is 6.32. The van der Waals surface area contributed by atoms with E-state index in [0.29, 0.717) is 0 Å². The van der Waals surface area contributed by atoms with Crippen LogP contribution in [0.5, 0.6) is 17.2 Å². The molecule has 0 bridgehead atoms. The zero-order valence-corrected chi connectivity index (χ0v) is 13.6. The Balaban J connectivity index is 1.50. The van der Waals surface area contributed by atoms with Crippen LogP contribution in [0.15, 0.2) is 36.4 Å². The van der Waals surface area contributed by atoms with E-state index in [2.05, 4.69) is 4.90 Å². The molecule has 2 aliphatic rings. The molecule has 0 spiro atoms. The van der Waals surface area contributed by atoms with E-state index in [0.717, 1.165) is 54.4 Å². The molecule has 0 aromatic heterocycles. The van der Waals surface area contributed by atoms with Crippen molar-refractivity contribution in [2.75, 3.05) is 27.0 Å². The third-order valence-corrected chi connectivity index (χ3v) is 4.79. The van der Waals surface area contributed by atoms with Crippen LogP contribution in [-0.2, 0) is 6.54 Å². The number of rotatable bonds is 4. The summed E-state index contributed by atoms with van der Waals surface area (Å²) >= 11 is 0. The number of hydrogen-bond donors (Lipinski definition) is 0. The van der Waals surface area contributed by atoms with Gasteiger partial charge in [-0.25, -0.2) is 4.39 Å². The predicted molar refractivity (Wildman–Crippen MR) is 88.2 cm³/mol. The molecule has 5 heteroatoms. The Bertz CT molecular complexity index is 749. The van der Waals surface area contributed by atoms with Crippen LogP contribution in [0.25, 0.3) is 0 Å². The van der Waals surface area contributed by atoms with Crippen LogP contribution in [0.2, 0.25) is 0 Å². The fourth-order valence-electron chi connectivity index (χ4n) is 3.56. The first kappa shape index (κ1) is 15.3. The number of fused-ring (bicyclic) bond motifs is 1. The van der Waals surface area contributed by atoms with Crippen molar-refractivity contribution in [3.05, 3.63) is 53.3 Å². The minimum atomic E-state index is -0.106. The van der Waals surface area contributed by atoms with E-state index in [9.17, 15) is 4.39 Å². The molecule has 1 atom stereocenters. The number of methoxy groups -OCH3 is 1. The first-order valence-corrected chi connectivity index (χ1v) is 8.18. The summed E-state index contributed by atoms with van der Waals surface area (Å²) < 4.78 is 30.3. The maximum absolute atomic E-state index is 14.0. The number of benzene rings is 2. The number of halogens is 1. The van der Waals surface area contributed by atoms with Crippen LogP contribution in [0.4, 0.5) is 4.39 Å². The van der Waals surface area contributed by atoms with E-state index in [4.69, 9.17) is 14.2 Å². The molecular weight excluding hydrogens is 309 g/mol. The van der Waals surface area contributed by atoms with E-state index in [1.807, 2.05) is 24.3 Å². The van der Waals surface area contributed by atoms with Gasteiger partial charge in [-0.15, -0.1) is 0 Å². The normalized spacial score (nSPS) is 19.7. The molecule has 0 aliphatic carbocycles. The van der Waals surface area contributed by atoms with Gasteiger partial charge in [-0.2, -0.15) is 0 Å². The standard InChI is InChI=1S/C19H20FNO3/c1-22-17-9-19-18(23-12-24-19)8-14(17)11-21-7-6-13(10-21)15-4-2-3-5-16(15)20/h2-5,8-9,13H,6-7,10-12H2,1H3/t13-/m0/s1. The van der Waals surface area contributed by atoms with E-state index < -0.39 is 0 Å². The Labute approximate surface area is 140 Å². The molecule has 2 aromatic rings. The van der Waals surface area contributed by atoms with Crippen molar-refractivity contribution in [1.82, 2.24) is 4.90 Å². The summed E-state index contributed by atoms with van der Waals surface area (Å²) in [7, 11) is 1.66. The lowest BCUT2D eigenvalue weighted by Crippen LogP contribution is -2.20. The predicted octanol–water partition coefficient (Wildman–Crippen LogP) is 3.55. The van der Waals surface area contributed by atoms with Crippen molar-refractivity contribution >= 4 is 0 Å². The van der Waals surface area contributed by atoms with Crippen LogP contribution >= 0.6 is 0 Å². The molecule has 0 N–H and O–H groups in total. The van der Waals surface area contributed by atoms with Gasteiger partial charge < -0.3 is 14.2 Å². The molecule has 2 heterocycles. The van der Waals surface area contributed by atoms with Crippen molar-refractivity contribution < 1.29 is 18.6 Å². The van der Waals surface area contributed by atoms with Crippen LogP contribution in [0, 0.1) is 5.82 Å². The number of nitrogens with zero attached hydrogens (tertiary/aromatic N) is 1. The smallest absolute Gasteiger partial charge is 0.231 e. The topological polar surface area (TPSA) is 30.9 Å². The Kier molecular flexibility index (Phi) is 4.02. The maximum atomic E-state index is 14.0. The van der Waals surface area contributed by atoms with Crippen molar-refractivity contribution in [2.45, 2.75) is 18.9 Å². The Morgan fingerprint density at radius 3 is 2.79 bits per heavy atom. The van der Waals surface area contributed by atoms with E-state index >= 15 is 0 Å². The highest BCUT2D eigenvalue weighted by Gasteiger charge is 2.27. The lowest BCUT2D eigenvalue weighted by atomic mass is 9.98. The molecule has 24 heavy (non-hydrogen) atoms. The Morgan fingerprint density at radius 2 is 2.00 bits per heavy atom. The molecule has 2 aromatic carbocycles. The molecule has 0 radical (unpaired) electrons. The molecule has 4 rings (SSSR count). The summed E-state index contributed by atoms with van der Waals surface area (Å²) in [6.07, 6.45) is 0.966. The van der Waals surface area contributed by atoms with Gasteiger partial charge in [0.25, 0.3) is 0 Å². The molecular formula is C19H20FNO3. The average Bonchev–Trinajstić information content (AvgIpc) is 3.23. The SMILES string of the molecule is COc1cc2c(cc1CN1CC[C@H](c3ccccc3F)C1)OCO2. The van der Waals surface area contributed by atoms with Crippen molar-refractivity contribution in [2.24, 2.45) is 0 Å². The summed E-state index contributed by atoms with van der Waals surface area (Å²) in [5.74, 6) is 2.42. The molecule has 4 nitrogen and oxygen atoms in total. The lowest BCUT2D eigenvalue weighted by Gasteiger charge is -2.18. The number of ether oxygens (including phenoxy) is 3. The highest BCUT2D eigenvalue weighted by molar-refractivity contribution is 5.51. The third-order valence-electron chi connectivity index (χ3n) is 4.79. The number of hydrogen-bond acceptors (Lipinski definition) is 4. The van der Waals surface area contributed by atoms with Gasteiger partial charge in [-0.3, -0.25) is 4.90 Å². The average molecular weight is 329 g/mol. The highest BCUT2D eigenvalue weighted by atomic mass is 19.1. The maximum Gasteiger partial charge on any atom is 0.231 e. The van der Waals surface area contributed by atoms with E-state index in [1.54, 1.807) is 19.2 Å². The van der Waals surface area contributed by atoms with Gasteiger partial charge in [0.1, 0.15) is 11.6 Å². The molecule has 0 amide bonds. The minimum Gasteiger partial charge on any atom is -0.496 e. The van der Waals surface area contributed by atoms with Crippen LogP contribution < -0.4 is 14.2 Å². The first-order chi connectivity index (χ1) is 11.7. The van der Waals surface area contributed by atoms with Gasteiger partial charge in [0.2, 0.25) is 6.79 Å². The Hall–Kier alpha value is -2.27.